The first-order chi connectivity index (χ1) is 8.54. The van der Waals surface area contributed by atoms with Crippen LogP contribution in [0.4, 0.5) is 8.78 Å². The standard InChI is InChI=1S/C12H10ClF2NO2/c1-2-18-12(17)10-3-7(5-13)8(6-16)4-9(10)11(14)15/h3-4,11H,2,5H2,1H3. The van der Waals surface area contributed by atoms with E-state index in [1.165, 1.54) is 6.07 Å². The number of rotatable bonds is 4. The zero-order valence-corrected chi connectivity index (χ0v) is 10.3. The lowest BCUT2D eigenvalue weighted by molar-refractivity contribution is 0.0515. The predicted octanol–water partition coefficient (Wildman–Crippen LogP) is 3.41. The van der Waals surface area contributed by atoms with E-state index in [9.17, 15) is 13.6 Å². The Bertz CT molecular complexity index is 498. The molecule has 1 rings (SSSR count). The minimum Gasteiger partial charge on any atom is -0.462 e. The fourth-order valence-electron chi connectivity index (χ4n) is 1.44. The first-order valence-corrected chi connectivity index (χ1v) is 5.66. The summed E-state index contributed by atoms with van der Waals surface area (Å²) in [7, 11) is 0. The third kappa shape index (κ3) is 2.96. The van der Waals surface area contributed by atoms with Crippen molar-refractivity contribution < 1.29 is 18.3 Å². The second-order valence-electron chi connectivity index (χ2n) is 3.36. The molecular formula is C12H10ClF2NO2. The van der Waals surface area contributed by atoms with Crippen LogP contribution in [0.15, 0.2) is 12.1 Å². The topological polar surface area (TPSA) is 50.1 Å². The number of hydrogen-bond acceptors (Lipinski definition) is 3. The van der Waals surface area contributed by atoms with Crippen LogP contribution >= 0.6 is 11.6 Å². The quantitative estimate of drug-likeness (QED) is 0.624. The van der Waals surface area contributed by atoms with E-state index in [1.807, 2.05) is 0 Å². The highest BCUT2D eigenvalue weighted by molar-refractivity contribution is 6.17. The Morgan fingerprint density at radius 3 is 2.67 bits per heavy atom. The molecule has 0 aliphatic heterocycles. The molecule has 0 amide bonds. The molecule has 0 spiro atoms. The molecule has 0 aromatic heterocycles. The van der Waals surface area contributed by atoms with E-state index >= 15 is 0 Å². The number of esters is 1. The van der Waals surface area contributed by atoms with E-state index in [-0.39, 0.29) is 23.6 Å². The van der Waals surface area contributed by atoms with Gasteiger partial charge >= 0.3 is 5.97 Å². The Labute approximate surface area is 108 Å². The number of benzene rings is 1. The van der Waals surface area contributed by atoms with Crippen molar-refractivity contribution in [2.24, 2.45) is 0 Å². The van der Waals surface area contributed by atoms with Crippen LogP contribution in [0.5, 0.6) is 0 Å². The number of hydrogen-bond donors (Lipinski definition) is 0. The van der Waals surface area contributed by atoms with Crippen molar-refractivity contribution in [1.29, 1.82) is 5.26 Å². The van der Waals surface area contributed by atoms with Gasteiger partial charge in [0, 0.05) is 11.4 Å². The van der Waals surface area contributed by atoms with Crippen LogP contribution in [0, 0.1) is 11.3 Å². The summed E-state index contributed by atoms with van der Waals surface area (Å²) < 4.78 is 30.4. The molecule has 0 bridgehead atoms. The third-order valence-corrected chi connectivity index (χ3v) is 2.56. The van der Waals surface area contributed by atoms with E-state index in [0.29, 0.717) is 5.56 Å². The molecule has 0 saturated carbocycles. The van der Waals surface area contributed by atoms with Crippen LogP contribution in [0.3, 0.4) is 0 Å². The zero-order valence-electron chi connectivity index (χ0n) is 9.54. The van der Waals surface area contributed by atoms with Crippen LogP contribution in [0.2, 0.25) is 0 Å². The molecule has 0 N–H and O–H groups in total. The van der Waals surface area contributed by atoms with Crippen molar-refractivity contribution in [3.05, 3.63) is 34.4 Å². The van der Waals surface area contributed by atoms with Crippen molar-refractivity contribution in [2.75, 3.05) is 6.61 Å². The molecule has 0 fully saturated rings. The summed E-state index contributed by atoms with van der Waals surface area (Å²) in [5.74, 6) is -0.887. The molecule has 0 unspecified atom stereocenters. The zero-order chi connectivity index (χ0) is 13.7. The highest BCUT2D eigenvalue weighted by atomic mass is 35.5. The average Bonchev–Trinajstić information content (AvgIpc) is 2.37. The fraction of sp³-hybridized carbons (Fsp3) is 0.333. The Kier molecular flexibility index (Phi) is 5.05. The number of nitrogens with zero attached hydrogens (tertiary/aromatic N) is 1. The van der Waals surface area contributed by atoms with Gasteiger partial charge in [-0.3, -0.25) is 0 Å². The third-order valence-electron chi connectivity index (χ3n) is 2.27. The molecule has 1 aromatic rings. The summed E-state index contributed by atoms with van der Waals surface area (Å²) in [5, 5.41) is 8.82. The van der Waals surface area contributed by atoms with Gasteiger partial charge in [-0.15, -0.1) is 11.6 Å². The van der Waals surface area contributed by atoms with Crippen LogP contribution in [-0.2, 0) is 10.6 Å². The largest absolute Gasteiger partial charge is 0.462 e. The smallest absolute Gasteiger partial charge is 0.338 e. The minimum atomic E-state index is -2.86. The molecule has 0 atom stereocenters. The second kappa shape index (κ2) is 6.31. The van der Waals surface area contributed by atoms with Crippen molar-refractivity contribution in [3.63, 3.8) is 0 Å². The Hall–Kier alpha value is -1.67. The van der Waals surface area contributed by atoms with E-state index in [1.54, 1.807) is 13.0 Å². The normalized spacial score (nSPS) is 10.2. The van der Waals surface area contributed by atoms with E-state index in [2.05, 4.69) is 0 Å². The summed E-state index contributed by atoms with van der Waals surface area (Å²) in [4.78, 5) is 11.6. The lowest BCUT2D eigenvalue weighted by Gasteiger charge is -2.11. The Morgan fingerprint density at radius 1 is 1.56 bits per heavy atom. The molecular weight excluding hydrogens is 264 g/mol. The van der Waals surface area contributed by atoms with Crippen molar-refractivity contribution in [1.82, 2.24) is 0 Å². The second-order valence-corrected chi connectivity index (χ2v) is 3.63. The Morgan fingerprint density at radius 2 is 2.22 bits per heavy atom. The van der Waals surface area contributed by atoms with Gasteiger partial charge < -0.3 is 4.74 Å². The maximum absolute atomic E-state index is 12.8. The summed E-state index contributed by atoms with van der Waals surface area (Å²) >= 11 is 5.61. The highest BCUT2D eigenvalue weighted by Gasteiger charge is 2.22. The highest BCUT2D eigenvalue weighted by Crippen LogP contribution is 2.27. The van der Waals surface area contributed by atoms with Gasteiger partial charge in [0.15, 0.2) is 0 Å². The van der Waals surface area contributed by atoms with Gasteiger partial charge in [-0.1, -0.05) is 0 Å². The number of ether oxygens (including phenoxy) is 1. The SMILES string of the molecule is CCOC(=O)c1cc(CCl)c(C#N)cc1C(F)F. The molecule has 1 aromatic carbocycles. The van der Waals surface area contributed by atoms with E-state index in [0.717, 1.165) is 6.07 Å². The van der Waals surface area contributed by atoms with Crippen molar-refractivity contribution >= 4 is 17.6 Å². The average molecular weight is 274 g/mol. The van der Waals surface area contributed by atoms with Gasteiger partial charge in [-0.05, 0) is 24.6 Å². The lowest BCUT2D eigenvalue weighted by Crippen LogP contribution is -2.10. The number of halogens is 3. The molecule has 6 heteroatoms. The number of alkyl halides is 3. The molecule has 0 radical (unpaired) electrons. The summed E-state index contributed by atoms with van der Waals surface area (Å²) in [5.41, 5.74) is -0.402. The van der Waals surface area contributed by atoms with Crippen LogP contribution in [0.1, 0.15) is 40.4 Å². The summed E-state index contributed by atoms with van der Waals surface area (Å²) in [6, 6.07) is 3.94. The van der Waals surface area contributed by atoms with E-state index < -0.39 is 18.0 Å². The lowest BCUT2D eigenvalue weighted by atomic mass is 10.00. The number of carbonyl (C=O) groups excluding carboxylic acids is 1. The predicted molar refractivity (Wildman–Crippen MR) is 61.6 cm³/mol. The monoisotopic (exact) mass is 273 g/mol. The van der Waals surface area contributed by atoms with Gasteiger partial charge in [-0.2, -0.15) is 5.26 Å². The summed E-state index contributed by atoms with van der Waals surface area (Å²) in [6.45, 7) is 1.66. The van der Waals surface area contributed by atoms with Gasteiger partial charge in [0.1, 0.15) is 0 Å². The van der Waals surface area contributed by atoms with Crippen LogP contribution in [-0.4, -0.2) is 12.6 Å². The van der Waals surface area contributed by atoms with Crippen molar-refractivity contribution in [2.45, 2.75) is 19.2 Å². The minimum absolute atomic E-state index is 0.0355. The molecule has 0 aliphatic rings. The van der Waals surface area contributed by atoms with Crippen molar-refractivity contribution in [3.8, 4) is 6.07 Å². The van der Waals surface area contributed by atoms with Crippen LogP contribution < -0.4 is 0 Å². The first-order valence-electron chi connectivity index (χ1n) is 5.13. The fourth-order valence-corrected chi connectivity index (χ4v) is 1.66. The number of nitriles is 1. The molecule has 0 heterocycles. The molecule has 0 saturated heterocycles. The maximum Gasteiger partial charge on any atom is 0.338 e. The molecule has 3 nitrogen and oxygen atoms in total. The van der Waals surface area contributed by atoms with Gasteiger partial charge in [0.2, 0.25) is 0 Å². The van der Waals surface area contributed by atoms with Gasteiger partial charge in [0.25, 0.3) is 6.43 Å². The molecule has 96 valence electrons. The van der Waals surface area contributed by atoms with Crippen LogP contribution in [0.25, 0.3) is 0 Å². The molecule has 0 aliphatic carbocycles. The van der Waals surface area contributed by atoms with Gasteiger partial charge in [-0.25, -0.2) is 13.6 Å². The first kappa shape index (κ1) is 14.4. The number of carbonyl (C=O) groups is 1. The molecule has 18 heavy (non-hydrogen) atoms. The summed E-state index contributed by atoms with van der Waals surface area (Å²) in [6.07, 6.45) is -2.86. The maximum atomic E-state index is 12.8. The van der Waals surface area contributed by atoms with Gasteiger partial charge in [0.05, 0.1) is 23.8 Å². The van der Waals surface area contributed by atoms with E-state index in [4.69, 9.17) is 21.6 Å². The Balaban J connectivity index is 3.39.